The molecule has 1 N–H and O–H groups in total. The molecule has 17 nitrogen and oxygen atoms in total. The van der Waals surface area contributed by atoms with Gasteiger partial charge in [0, 0.05) is 60.9 Å². The molecule has 4 aliphatic rings. The Morgan fingerprint density at radius 1 is 0.303 bits per heavy atom. The van der Waals surface area contributed by atoms with E-state index in [0.717, 1.165) is 66.8 Å². The molecule has 12 aromatic rings. The van der Waals surface area contributed by atoms with E-state index in [1.807, 2.05) is 310 Å². The van der Waals surface area contributed by atoms with Crippen LogP contribution in [0, 0.1) is 47.5 Å². The van der Waals surface area contributed by atoms with Gasteiger partial charge in [-0.15, -0.1) is 35.9 Å². The van der Waals surface area contributed by atoms with Gasteiger partial charge in [-0.3, -0.25) is 0 Å². The average Bonchev–Trinajstić information content (AvgIpc) is 0.810. The van der Waals surface area contributed by atoms with Gasteiger partial charge in [-0.05, 0) is 73.2 Å². The summed E-state index contributed by atoms with van der Waals surface area (Å²) in [5.41, 5.74) is 16.6. The molecule has 145 heavy (non-hydrogen) atoms. The minimum absolute atomic E-state index is 0. The van der Waals surface area contributed by atoms with Gasteiger partial charge in [0.25, 0.3) is 0 Å². The fraction of sp³-hybridized carbons (Fsp3) is 0.367. The van der Waals surface area contributed by atoms with Crippen molar-refractivity contribution in [3.05, 3.63) is 431 Å². The Bertz CT molecular complexity index is 5470. The predicted molar refractivity (Wildman–Crippen MR) is 615 cm³/mol. The molecule has 0 aromatic heterocycles. The first-order valence-electron chi connectivity index (χ1n) is 49.1. The zero-order valence-electron chi connectivity index (χ0n) is 83.4. The standard InChI is InChI=1S/C33H40O4Si.C30H32O4.C29H34O5.C28H31FO4.I3.I2.HI/c1-26-30(20-21-38(2,3)4)37-31(25-34-22-27-14-8-5-9-15-27)33(36-24-29-18-12-7-13-19-29)32(26)35-23-28-16-10-6-11-17-28;1-3-27-23(2)29(32-20-25-15-9-5-10-16-25)30(33-21-26-17-11-6-12-18-26)28(34-27)22-31-19-24-13-7-4-8-14-24;1-2-25-27(32-19-23-14-8-4-9-15-23)28(33-20-24-16-10-5-11-17-24)26(34-29(25)30)21-31-18-22-12-6-3-7-13-22;1-21-26(31-18-23-13-7-3-8-14-23)27(32-19-24-15-9-4-10-16-24)25(33-28(21)29)20-30-17-22-11-5-2-6-12-22;1-3-2;1-2;/h5-19,26,30-33H,22-25H2,1-4H3;1,4-18,23,27-30H,19-22H2,2H3;3-17,25-30H,2,18-21H2,1H3;2-16,21,25-28H,17-20H2,1H3;;;1H/q;;;;-1;;/t26-,30-,31-,32-,33-;23-,27-,28-,29-,30-;25-,26+,27+,28+,29-;21-,25+,26+,27+,28-;;;/m1100.../s1. The first-order valence-corrected chi connectivity index (χ1v) is 71.5. The van der Waals surface area contributed by atoms with Crippen LogP contribution in [-0.2, 0) is 155 Å². The van der Waals surface area contributed by atoms with Crippen LogP contribution < -0.4 is 13.3 Å². The second-order valence-electron chi connectivity index (χ2n) is 36.8. The Kier molecular flexibility index (Phi) is 57.5. The van der Waals surface area contributed by atoms with Gasteiger partial charge in [0.05, 0.1) is 130 Å². The fourth-order valence-corrected chi connectivity index (χ4v) is 17.7. The number of hydrogen-bond donors (Lipinski definition) is 1. The van der Waals surface area contributed by atoms with Gasteiger partial charge in [-0.2, -0.15) is 0 Å². The van der Waals surface area contributed by atoms with Crippen LogP contribution in [0.3, 0.4) is 0 Å². The van der Waals surface area contributed by atoms with Gasteiger partial charge in [-0.1, -0.05) is 423 Å². The normalized spacial score (nSPS) is 23.6. The second kappa shape index (κ2) is 69.2. The van der Waals surface area contributed by atoms with Crippen molar-refractivity contribution in [1.29, 1.82) is 0 Å². The molecule has 4 saturated heterocycles. The molecule has 12 aromatic carbocycles. The molecule has 20 atom stereocenters. The van der Waals surface area contributed by atoms with E-state index in [-0.39, 0.29) is 109 Å². The maximum atomic E-state index is 14.9. The summed E-state index contributed by atoms with van der Waals surface area (Å²) in [5.74, 6) is 5.61. The molecule has 25 heteroatoms. The molecule has 4 heterocycles. The Hall–Kier alpha value is -6.39. The average molecular weight is 2660 g/mol. The SMILES string of the molecule is C#C[C@H]1O[C@H](COCc2ccccc2)[C@@H](OCc2ccccc2)[C@H](OCc2ccccc2)[C@@H]1C.CC[C@H]1[C@@H](OCc2ccccc2)[C@H](OCc2ccccc2)[C@@H](COCc2ccccc2)O[C@@H]1O.C[C@H]1[C@@H](OCc2ccccc2)[C@H](OCc2ccccc2)[C@@H](COCc2ccccc2)O[C@@H]1C#C[Si](C)(C)C.C[C@H]1[C@@H](OCc2ccccc2)[C@H](OCc2ccccc2)[C@@H](COCc2ccccc2)O[C@@H]1F.I.II.I[I-]I. The summed E-state index contributed by atoms with van der Waals surface area (Å²) in [7, 11) is -1.58. The summed E-state index contributed by atoms with van der Waals surface area (Å²) < 4.78 is 115. The maximum absolute atomic E-state index is 14.9. The third kappa shape index (κ3) is 42.6. The summed E-state index contributed by atoms with van der Waals surface area (Å²) in [5, 5.41) is 10.8. The van der Waals surface area contributed by atoms with Crippen LogP contribution >= 0.6 is 98.4 Å². The van der Waals surface area contributed by atoms with E-state index in [2.05, 4.69) is 186 Å². The number of hydrogen-bond acceptors (Lipinski definition) is 17. The third-order valence-corrected chi connectivity index (χ3v) is 25.7. The van der Waals surface area contributed by atoms with Crippen molar-refractivity contribution in [1.82, 2.24) is 0 Å². The first kappa shape index (κ1) is 120. The molecule has 0 saturated carbocycles. The van der Waals surface area contributed by atoms with Crippen molar-refractivity contribution in [3.8, 4) is 23.8 Å². The Balaban J connectivity index is 0.000000195. The molecule has 4 aliphatic heterocycles. The molecular formula is C120H138FI6O17Si-. The summed E-state index contributed by atoms with van der Waals surface area (Å²) in [4.78, 5) is 0. The van der Waals surface area contributed by atoms with E-state index < -0.39 is 51.1 Å². The molecule has 0 radical (unpaired) electrons. The van der Waals surface area contributed by atoms with Crippen molar-refractivity contribution in [3.63, 3.8) is 0 Å². The number of ether oxygens (including phenoxy) is 16. The van der Waals surface area contributed by atoms with E-state index in [1.165, 1.54) is 0 Å². The monoisotopic (exact) mass is 2660 g/mol. The van der Waals surface area contributed by atoms with Crippen LogP contribution in [0.25, 0.3) is 0 Å². The zero-order chi connectivity index (χ0) is 102. The van der Waals surface area contributed by atoms with Crippen LogP contribution in [0.15, 0.2) is 364 Å². The molecule has 774 valence electrons. The van der Waals surface area contributed by atoms with E-state index in [4.69, 9.17) is 82.2 Å². The van der Waals surface area contributed by atoms with Crippen LogP contribution in [0.2, 0.25) is 19.6 Å². The molecule has 0 bridgehead atoms. The van der Waals surface area contributed by atoms with E-state index >= 15 is 0 Å². The van der Waals surface area contributed by atoms with Gasteiger partial charge >= 0.3 is 50.5 Å². The van der Waals surface area contributed by atoms with Crippen LogP contribution in [0.4, 0.5) is 4.39 Å². The van der Waals surface area contributed by atoms with Crippen molar-refractivity contribution in [2.24, 2.45) is 23.7 Å². The number of alkyl halides is 1. The zero-order valence-corrected chi connectivity index (χ0v) is 97.6. The predicted octanol–water partition coefficient (Wildman–Crippen LogP) is 24.1. The van der Waals surface area contributed by atoms with Gasteiger partial charge in [-0.25, -0.2) is 4.39 Å². The molecular weight excluding hydrogens is 2520 g/mol. The van der Waals surface area contributed by atoms with Crippen molar-refractivity contribution < 1.29 is 98.5 Å². The summed E-state index contributed by atoms with van der Waals surface area (Å²) >= 11 is 9.54. The number of rotatable bonds is 41. The number of aliphatic hydroxyl groups excluding tert-OH is 1. The fourth-order valence-electron chi connectivity index (χ4n) is 17.1. The summed E-state index contributed by atoms with van der Waals surface area (Å²) in [6.07, 6.45) is -0.823. The van der Waals surface area contributed by atoms with Crippen LogP contribution in [0.5, 0.6) is 0 Å². The number of benzene rings is 12. The van der Waals surface area contributed by atoms with Crippen molar-refractivity contribution in [2.75, 3.05) is 26.4 Å². The quantitative estimate of drug-likeness (QED) is 0.0218. The molecule has 0 amide bonds. The van der Waals surface area contributed by atoms with E-state index in [9.17, 15) is 9.50 Å². The molecule has 0 unspecified atom stereocenters. The van der Waals surface area contributed by atoms with E-state index in [0.29, 0.717) is 119 Å². The number of aliphatic hydroxyl groups is 1. The topological polar surface area (TPSA) is 168 Å². The van der Waals surface area contributed by atoms with Crippen LogP contribution in [0.1, 0.15) is 101 Å². The van der Waals surface area contributed by atoms with Crippen molar-refractivity contribution in [2.45, 2.75) is 231 Å². The summed E-state index contributed by atoms with van der Waals surface area (Å²) in [6, 6.07) is 121. The number of terminal acetylenes is 1. The minimum atomic E-state index is -1.58. The molecule has 16 rings (SSSR count). The number of halogens is 7. The Morgan fingerprint density at radius 3 is 0.731 bits per heavy atom. The second-order valence-corrected chi connectivity index (χ2v) is 57.8. The van der Waals surface area contributed by atoms with Crippen LogP contribution in [-0.4, -0.2) is 138 Å². The van der Waals surface area contributed by atoms with Gasteiger partial charge in [0.15, 0.2) is 6.29 Å². The summed E-state index contributed by atoms with van der Waals surface area (Å²) in [6.45, 7) is 21.6. The molecule has 4 fully saturated rings. The van der Waals surface area contributed by atoms with Gasteiger partial charge in [0.2, 0.25) is 6.36 Å². The first-order chi connectivity index (χ1) is 70.5. The van der Waals surface area contributed by atoms with Crippen molar-refractivity contribution >= 4 is 107 Å². The third-order valence-electron chi connectivity index (χ3n) is 24.8. The van der Waals surface area contributed by atoms with Gasteiger partial charge < -0.3 is 80.9 Å². The van der Waals surface area contributed by atoms with Gasteiger partial charge in [0.1, 0.15) is 69.1 Å². The molecule has 0 aliphatic carbocycles. The Labute approximate surface area is 930 Å². The Morgan fingerprint density at radius 2 is 0.497 bits per heavy atom. The molecule has 0 spiro atoms. The van der Waals surface area contributed by atoms with E-state index in [1.54, 1.807) is 6.92 Å².